The summed E-state index contributed by atoms with van der Waals surface area (Å²) in [6.07, 6.45) is 72.3. The van der Waals surface area contributed by atoms with Gasteiger partial charge in [-0.1, -0.05) is 420 Å². The van der Waals surface area contributed by atoms with Gasteiger partial charge in [0.15, 0.2) is 12.2 Å². The van der Waals surface area contributed by atoms with Crippen molar-refractivity contribution in [2.24, 2.45) is 11.8 Å². The zero-order valence-corrected chi connectivity index (χ0v) is 72.2. The molecule has 0 saturated heterocycles. The van der Waals surface area contributed by atoms with E-state index in [-0.39, 0.29) is 25.7 Å². The Morgan fingerprint density at radius 1 is 0.252 bits per heavy atom. The Morgan fingerprint density at radius 2 is 0.430 bits per heavy atom. The Kier molecular flexibility index (Phi) is 77.9. The second kappa shape index (κ2) is 79.3. The van der Waals surface area contributed by atoms with Gasteiger partial charge in [0.1, 0.15) is 19.3 Å². The number of aliphatic hydroxyl groups is 1. The molecule has 0 spiro atoms. The first-order chi connectivity index (χ1) is 51.9. The summed E-state index contributed by atoms with van der Waals surface area (Å²) < 4.78 is 68.9. The maximum absolute atomic E-state index is 13.2. The Hall–Kier alpha value is -1.94. The molecule has 0 bridgehead atoms. The minimum absolute atomic E-state index is 0.107. The summed E-state index contributed by atoms with van der Waals surface area (Å²) in [6.45, 7) is 9.71. The van der Waals surface area contributed by atoms with Crippen molar-refractivity contribution in [2.75, 3.05) is 39.6 Å². The van der Waals surface area contributed by atoms with Gasteiger partial charge in [-0.2, -0.15) is 0 Å². The number of rotatable bonds is 87. The van der Waals surface area contributed by atoms with Crippen LogP contribution in [0, 0.1) is 11.8 Å². The predicted octanol–water partition coefficient (Wildman–Crippen LogP) is 27.0. The van der Waals surface area contributed by atoms with Gasteiger partial charge in [0.25, 0.3) is 0 Å². The van der Waals surface area contributed by atoms with Crippen molar-refractivity contribution in [1.29, 1.82) is 0 Å². The van der Waals surface area contributed by atoms with E-state index < -0.39 is 97.5 Å². The number of hydrogen-bond acceptors (Lipinski definition) is 15. The maximum atomic E-state index is 13.2. The topological polar surface area (TPSA) is 237 Å². The van der Waals surface area contributed by atoms with Crippen LogP contribution >= 0.6 is 15.6 Å². The third-order valence-corrected chi connectivity index (χ3v) is 22.6. The molecule has 0 saturated carbocycles. The van der Waals surface area contributed by atoms with E-state index in [1.54, 1.807) is 0 Å². The molecule has 0 aliphatic rings. The molecule has 0 aliphatic heterocycles. The first-order valence-electron chi connectivity index (χ1n) is 45.5. The number of unbranched alkanes of at least 4 members (excludes halogenated alkanes) is 57. The van der Waals surface area contributed by atoms with Crippen LogP contribution in [0.1, 0.15) is 472 Å². The second-order valence-corrected chi connectivity index (χ2v) is 35.5. The highest BCUT2D eigenvalue weighted by molar-refractivity contribution is 7.47. The van der Waals surface area contributed by atoms with E-state index in [1.807, 2.05) is 0 Å². The highest BCUT2D eigenvalue weighted by atomic mass is 31.2. The number of hydrogen-bond donors (Lipinski definition) is 3. The molecule has 107 heavy (non-hydrogen) atoms. The SMILES string of the molecule is CCCCCCCCCCCCCCCCCCCCCCCC(=O)OC[C@H](COP(=O)(O)OC[C@@H](O)COP(=O)(O)OC[C@@H](COC(=O)CCCCCCCCCCCCC)OC(=O)CCCCCCCCCCCCCC(C)C)OC(=O)CCCCCCCCCCCCCCCCCCCCC(C)C. The highest BCUT2D eigenvalue weighted by Gasteiger charge is 2.30. The average molecular weight is 1560 g/mol. The highest BCUT2D eigenvalue weighted by Crippen LogP contribution is 2.45. The Bertz CT molecular complexity index is 2050. The van der Waals surface area contributed by atoms with Crippen molar-refractivity contribution in [2.45, 2.75) is 490 Å². The van der Waals surface area contributed by atoms with E-state index in [0.29, 0.717) is 25.7 Å². The van der Waals surface area contributed by atoms with E-state index >= 15 is 0 Å². The van der Waals surface area contributed by atoms with Crippen molar-refractivity contribution in [1.82, 2.24) is 0 Å². The second-order valence-electron chi connectivity index (χ2n) is 32.6. The van der Waals surface area contributed by atoms with E-state index in [0.717, 1.165) is 102 Å². The van der Waals surface area contributed by atoms with Crippen LogP contribution in [0.2, 0.25) is 0 Å². The van der Waals surface area contributed by atoms with Crippen LogP contribution in [-0.4, -0.2) is 96.7 Å². The Labute approximate surface area is 658 Å². The maximum Gasteiger partial charge on any atom is 0.472 e. The zero-order valence-electron chi connectivity index (χ0n) is 70.5. The number of phosphoric ester groups is 2. The summed E-state index contributed by atoms with van der Waals surface area (Å²) in [5.41, 5.74) is 0. The minimum Gasteiger partial charge on any atom is -0.462 e. The van der Waals surface area contributed by atoms with Crippen molar-refractivity contribution in [3.05, 3.63) is 0 Å². The van der Waals surface area contributed by atoms with Gasteiger partial charge in [-0.05, 0) is 37.5 Å². The van der Waals surface area contributed by atoms with Crippen molar-refractivity contribution in [3.8, 4) is 0 Å². The Morgan fingerprint density at radius 3 is 0.636 bits per heavy atom. The van der Waals surface area contributed by atoms with Crippen molar-refractivity contribution < 1.29 is 80.2 Å². The van der Waals surface area contributed by atoms with E-state index in [2.05, 4.69) is 41.5 Å². The van der Waals surface area contributed by atoms with Gasteiger partial charge < -0.3 is 33.8 Å². The summed E-state index contributed by atoms with van der Waals surface area (Å²) in [6, 6.07) is 0. The van der Waals surface area contributed by atoms with Gasteiger partial charge in [0, 0.05) is 25.7 Å². The van der Waals surface area contributed by atoms with Crippen LogP contribution < -0.4 is 0 Å². The molecule has 3 N–H and O–H groups in total. The van der Waals surface area contributed by atoms with Gasteiger partial charge in [0.05, 0.1) is 26.4 Å². The lowest BCUT2D eigenvalue weighted by atomic mass is 10.0. The predicted molar refractivity (Wildman–Crippen MR) is 442 cm³/mol. The molecule has 0 aromatic rings. The molecular weight excluding hydrogens is 1390 g/mol. The van der Waals surface area contributed by atoms with Gasteiger partial charge in [-0.25, -0.2) is 9.13 Å². The zero-order chi connectivity index (χ0) is 78.5. The molecule has 5 atom stereocenters. The largest absolute Gasteiger partial charge is 0.472 e. The molecule has 0 rings (SSSR count). The standard InChI is InChI=1S/C88H172O17P2/c1-7-9-11-13-15-17-19-20-21-22-23-24-25-29-32-35-41-47-53-59-65-71-86(91)99-77-84(104-87(92)72-66-60-54-48-42-36-33-30-27-26-28-31-34-39-44-50-56-62-68-80(3)4)79-103-107(96,97)101-75-82(89)74-100-106(94,95)102-78-83(76-98-85(90)70-64-58-52-46-38-18-16-14-12-10-8-2)105-88(93)73-67-61-55-49-43-37-40-45-51-57-63-69-81(5)6/h80-84,89H,7-79H2,1-6H3,(H,94,95)(H,96,97)/t82-,83+,84+/m0/s1. The van der Waals surface area contributed by atoms with E-state index in [4.69, 9.17) is 37.0 Å². The van der Waals surface area contributed by atoms with Gasteiger partial charge in [-0.3, -0.25) is 37.3 Å². The van der Waals surface area contributed by atoms with Crippen LogP contribution in [0.3, 0.4) is 0 Å². The first kappa shape index (κ1) is 105. The number of aliphatic hydroxyl groups excluding tert-OH is 1. The molecule has 0 radical (unpaired) electrons. The summed E-state index contributed by atoms with van der Waals surface area (Å²) in [4.78, 5) is 73.3. The van der Waals surface area contributed by atoms with E-state index in [1.165, 1.54) is 289 Å². The number of carbonyl (C=O) groups is 4. The van der Waals surface area contributed by atoms with Crippen LogP contribution in [0.4, 0.5) is 0 Å². The molecule has 0 aliphatic carbocycles. The molecule has 2 unspecified atom stereocenters. The van der Waals surface area contributed by atoms with Crippen molar-refractivity contribution >= 4 is 39.5 Å². The molecule has 19 heteroatoms. The molecule has 0 amide bonds. The van der Waals surface area contributed by atoms with Crippen LogP contribution in [0.25, 0.3) is 0 Å². The molecule has 0 heterocycles. The van der Waals surface area contributed by atoms with Crippen molar-refractivity contribution in [3.63, 3.8) is 0 Å². The lowest BCUT2D eigenvalue weighted by Crippen LogP contribution is -2.30. The fraction of sp³-hybridized carbons (Fsp3) is 0.955. The van der Waals surface area contributed by atoms with Crippen LogP contribution in [0.15, 0.2) is 0 Å². The first-order valence-corrected chi connectivity index (χ1v) is 48.5. The smallest absolute Gasteiger partial charge is 0.462 e. The summed E-state index contributed by atoms with van der Waals surface area (Å²) in [5, 5.41) is 10.7. The number of phosphoric acid groups is 2. The van der Waals surface area contributed by atoms with Gasteiger partial charge in [0.2, 0.25) is 0 Å². The van der Waals surface area contributed by atoms with Gasteiger partial charge in [-0.15, -0.1) is 0 Å². The normalized spacial score (nSPS) is 13.8. The third kappa shape index (κ3) is 81.9. The van der Waals surface area contributed by atoms with Crippen LogP contribution in [0.5, 0.6) is 0 Å². The average Bonchev–Trinajstić information content (AvgIpc) is 0.902. The number of ether oxygens (including phenoxy) is 4. The fourth-order valence-corrected chi connectivity index (χ4v) is 15.4. The van der Waals surface area contributed by atoms with Gasteiger partial charge >= 0.3 is 39.5 Å². The molecule has 636 valence electrons. The van der Waals surface area contributed by atoms with E-state index in [9.17, 15) is 43.2 Å². The monoisotopic (exact) mass is 1560 g/mol. The molecule has 0 aromatic carbocycles. The Balaban J connectivity index is 5.22. The lowest BCUT2D eigenvalue weighted by Gasteiger charge is -2.21. The summed E-state index contributed by atoms with van der Waals surface area (Å²) >= 11 is 0. The molecule has 0 aromatic heterocycles. The fourth-order valence-electron chi connectivity index (χ4n) is 13.8. The molecule has 0 fully saturated rings. The lowest BCUT2D eigenvalue weighted by molar-refractivity contribution is -0.161. The number of esters is 4. The number of carbonyl (C=O) groups excluding carboxylic acids is 4. The van der Waals surface area contributed by atoms with Crippen LogP contribution in [-0.2, 0) is 65.4 Å². The summed E-state index contributed by atoms with van der Waals surface area (Å²) in [5.74, 6) is -0.514. The summed E-state index contributed by atoms with van der Waals surface area (Å²) in [7, 11) is -9.93. The molecule has 17 nitrogen and oxygen atoms in total. The quantitative estimate of drug-likeness (QED) is 0.0222. The minimum atomic E-state index is -4.97. The third-order valence-electron chi connectivity index (χ3n) is 20.7. The molecular formula is C88H172O17P2.